The third-order valence-electron chi connectivity index (χ3n) is 2.90. The largest absolute Gasteiger partial charge is 0.455 e. The molecule has 1 aromatic carbocycles. The summed E-state index contributed by atoms with van der Waals surface area (Å²) in [5.41, 5.74) is 6.92. The molecule has 0 unspecified atom stereocenters. The van der Waals surface area contributed by atoms with Crippen molar-refractivity contribution < 1.29 is 9.21 Å². The first kappa shape index (κ1) is 13.8. The van der Waals surface area contributed by atoms with Crippen LogP contribution in [0.25, 0.3) is 0 Å². The highest BCUT2D eigenvalue weighted by Crippen LogP contribution is 2.12. The Morgan fingerprint density at radius 3 is 2.85 bits per heavy atom. The van der Waals surface area contributed by atoms with E-state index in [1.807, 2.05) is 6.07 Å². The molecule has 0 bridgehead atoms. The van der Waals surface area contributed by atoms with E-state index in [4.69, 9.17) is 15.4 Å². The van der Waals surface area contributed by atoms with Gasteiger partial charge < -0.3 is 15.1 Å². The number of hydrogen-bond acceptors (Lipinski definition) is 4. The van der Waals surface area contributed by atoms with Gasteiger partial charge in [0, 0.05) is 13.6 Å². The monoisotopic (exact) mass is 269 g/mol. The first-order valence-corrected chi connectivity index (χ1v) is 6.17. The van der Waals surface area contributed by atoms with E-state index in [2.05, 4.69) is 6.07 Å². The highest BCUT2D eigenvalue weighted by atomic mass is 16.4. The van der Waals surface area contributed by atoms with Gasteiger partial charge in [-0.05, 0) is 29.8 Å². The molecule has 102 valence electrons. The second-order valence-corrected chi connectivity index (χ2v) is 4.44. The van der Waals surface area contributed by atoms with Gasteiger partial charge in [-0.1, -0.05) is 12.1 Å². The molecule has 2 N–H and O–H groups in total. The van der Waals surface area contributed by atoms with Gasteiger partial charge in [-0.3, -0.25) is 4.79 Å². The first-order valence-electron chi connectivity index (χ1n) is 6.17. The predicted molar refractivity (Wildman–Crippen MR) is 73.6 cm³/mol. The fraction of sp³-hybridized carbons (Fsp3) is 0.200. The van der Waals surface area contributed by atoms with E-state index >= 15 is 0 Å². The van der Waals surface area contributed by atoms with E-state index in [0.717, 1.165) is 5.56 Å². The van der Waals surface area contributed by atoms with Crippen molar-refractivity contribution in [3.8, 4) is 6.07 Å². The summed E-state index contributed by atoms with van der Waals surface area (Å²) < 4.78 is 5.33. The zero-order chi connectivity index (χ0) is 14.5. The van der Waals surface area contributed by atoms with Crippen molar-refractivity contribution >= 4 is 5.91 Å². The maximum atomic E-state index is 12.2. The zero-order valence-electron chi connectivity index (χ0n) is 11.2. The molecule has 0 aliphatic carbocycles. The van der Waals surface area contributed by atoms with Crippen LogP contribution in [0.4, 0.5) is 0 Å². The number of furan rings is 1. The third-order valence-corrected chi connectivity index (χ3v) is 2.90. The molecule has 2 rings (SSSR count). The van der Waals surface area contributed by atoms with Crippen LogP contribution in [0, 0.1) is 11.3 Å². The van der Waals surface area contributed by atoms with Gasteiger partial charge in [-0.2, -0.15) is 5.26 Å². The van der Waals surface area contributed by atoms with Gasteiger partial charge in [-0.15, -0.1) is 0 Å². The SMILES string of the molecule is CN(Cc1cccc(C#N)c1)C(=O)c1ccc(CN)o1. The quantitative estimate of drug-likeness (QED) is 0.918. The highest BCUT2D eigenvalue weighted by molar-refractivity contribution is 5.91. The number of carbonyl (C=O) groups excluding carboxylic acids is 1. The summed E-state index contributed by atoms with van der Waals surface area (Å²) >= 11 is 0. The predicted octanol–water partition coefficient (Wildman–Crippen LogP) is 1.88. The molecule has 0 saturated carbocycles. The lowest BCUT2D eigenvalue weighted by Crippen LogP contribution is -2.25. The first-order chi connectivity index (χ1) is 9.63. The lowest BCUT2D eigenvalue weighted by Gasteiger charge is -2.15. The van der Waals surface area contributed by atoms with Gasteiger partial charge in [0.05, 0.1) is 18.2 Å². The third kappa shape index (κ3) is 3.05. The minimum absolute atomic E-state index is 0.216. The Labute approximate surface area is 117 Å². The van der Waals surface area contributed by atoms with Crippen molar-refractivity contribution in [1.82, 2.24) is 4.90 Å². The molecular weight excluding hydrogens is 254 g/mol. The van der Waals surface area contributed by atoms with Crippen LogP contribution in [-0.4, -0.2) is 17.9 Å². The van der Waals surface area contributed by atoms with E-state index in [9.17, 15) is 4.79 Å². The number of rotatable bonds is 4. The molecule has 0 fully saturated rings. The molecule has 0 spiro atoms. The van der Waals surface area contributed by atoms with Gasteiger partial charge in [-0.25, -0.2) is 0 Å². The van der Waals surface area contributed by atoms with Crippen LogP contribution in [0.5, 0.6) is 0 Å². The molecule has 1 aromatic heterocycles. The summed E-state index contributed by atoms with van der Waals surface area (Å²) in [5, 5.41) is 8.86. The number of benzene rings is 1. The maximum absolute atomic E-state index is 12.2. The minimum Gasteiger partial charge on any atom is -0.455 e. The number of amides is 1. The molecule has 0 aliphatic rings. The molecule has 1 amide bonds. The Bertz CT molecular complexity index is 655. The van der Waals surface area contributed by atoms with Crippen molar-refractivity contribution in [3.63, 3.8) is 0 Å². The topological polar surface area (TPSA) is 83.3 Å². The smallest absolute Gasteiger partial charge is 0.289 e. The van der Waals surface area contributed by atoms with Gasteiger partial charge in [0.2, 0.25) is 0 Å². The van der Waals surface area contributed by atoms with E-state index in [0.29, 0.717) is 17.9 Å². The van der Waals surface area contributed by atoms with Gasteiger partial charge in [0.15, 0.2) is 5.76 Å². The Kier molecular flexibility index (Phi) is 4.18. The van der Waals surface area contributed by atoms with Crippen LogP contribution in [0.2, 0.25) is 0 Å². The van der Waals surface area contributed by atoms with Crippen LogP contribution in [0.15, 0.2) is 40.8 Å². The van der Waals surface area contributed by atoms with Crippen LogP contribution < -0.4 is 5.73 Å². The van der Waals surface area contributed by atoms with E-state index < -0.39 is 0 Å². The summed E-state index contributed by atoms with van der Waals surface area (Å²) in [7, 11) is 1.69. The van der Waals surface area contributed by atoms with E-state index in [1.54, 1.807) is 37.4 Å². The van der Waals surface area contributed by atoms with Gasteiger partial charge in [0.25, 0.3) is 5.91 Å². The summed E-state index contributed by atoms with van der Waals surface area (Å²) in [5.74, 6) is 0.629. The second-order valence-electron chi connectivity index (χ2n) is 4.44. The van der Waals surface area contributed by atoms with Gasteiger partial charge >= 0.3 is 0 Å². The molecule has 0 saturated heterocycles. The van der Waals surface area contributed by atoms with Crippen LogP contribution in [0.1, 0.15) is 27.4 Å². The van der Waals surface area contributed by atoms with Crippen molar-refractivity contribution in [2.45, 2.75) is 13.1 Å². The number of nitriles is 1. The van der Waals surface area contributed by atoms with Crippen molar-refractivity contribution in [2.75, 3.05) is 7.05 Å². The fourth-order valence-corrected chi connectivity index (χ4v) is 1.88. The molecule has 5 nitrogen and oxygen atoms in total. The number of carbonyl (C=O) groups is 1. The Morgan fingerprint density at radius 1 is 1.40 bits per heavy atom. The van der Waals surface area contributed by atoms with Crippen molar-refractivity contribution in [3.05, 3.63) is 59.0 Å². The van der Waals surface area contributed by atoms with E-state index in [-0.39, 0.29) is 18.2 Å². The molecule has 20 heavy (non-hydrogen) atoms. The molecule has 2 aromatic rings. The Morgan fingerprint density at radius 2 is 2.20 bits per heavy atom. The highest BCUT2D eigenvalue weighted by Gasteiger charge is 2.16. The lowest BCUT2D eigenvalue weighted by molar-refractivity contribution is 0.0751. The number of hydrogen-bond donors (Lipinski definition) is 1. The maximum Gasteiger partial charge on any atom is 0.289 e. The zero-order valence-corrected chi connectivity index (χ0v) is 11.2. The van der Waals surface area contributed by atoms with Crippen LogP contribution in [-0.2, 0) is 13.1 Å². The molecule has 0 radical (unpaired) electrons. The van der Waals surface area contributed by atoms with Crippen molar-refractivity contribution in [2.24, 2.45) is 5.73 Å². The van der Waals surface area contributed by atoms with Crippen LogP contribution in [0.3, 0.4) is 0 Å². The summed E-state index contributed by atoms with van der Waals surface area (Å²) in [6.07, 6.45) is 0. The number of nitrogens with zero attached hydrogens (tertiary/aromatic N) is 2. The summed E-state index contributed by atoms with van der Waals surface area (Å²) in [6, 6.07) is 12.5. The Balaban J connectivity index is 2.09. The van der Waals surface area contributed by atoms with Crippen molar-refractivity contribution in [1.29, 1.82) is 5.26 Å². The van der Waals surface area contributed by atoms with Gasteiger partial charge in [0.1, 0.15) is 5.76 Å². The summed E-state index contributed by atoms with van der Waals surface area (Å²) in [4.78, 5) is 13.7. The average molecular weight is 269 g/mol. The minimum atomic E-state index is -0.216. The molecule has 1 heterocycles. The molecule has 5 heteroatoms. The normalized spacial score (nSPS) is 10.1. The Hall–Kier alpha value is -2.58. The second kappa shape index (κ2) is 6.04. The average Bonchev–Trinajstić information content (AvgIpc) is 2.95. The standard InChI is InChI=1S/C15H15N3O2/c1-18(10-12-4-2-3-11(7-12)8-16)15(19)14-6-5-13(9-17)20-14/h2-7H,9-10,17H2,1H3. The number of nitrogens with two attached hydrogens (primary N) is 1. The summed E-state index contributed by atoms with van der Waals surface area (Å²) in [6.45, 7) is 0.675. The van der Waals surface area contributed by atoms with E-state index in [1.165, 1.54) is 4.90 Å². The lowest BCUT2D eigenvalue weighted by atomic mass is 10.1. The molecule has 0 atom stereocenters. The molecule has 0 aliphatic heterocycles. The molecular formula is C15H15N3O2. The van der Waals surface area contributed by atoms with Crippen LogP contribution >= 0.6 is 0 Å². The fourth-order valence-electron chi connectivity index (χ4n) is 1.88.